The fraction of sp³-hybridized carbons (Fsp3) is 0.429. The maximum Gasteiger partial charge on any atom is 0.317 e. The first kappa shape index (κ1) is 13.7. The van der Waals surface area contributed by atoms with Crippen molar-refractivity contribution in [1.82, 2.24) is 15.1 Å². The largest absolute Gasteiger partial charge is 0.336 e. The van der Waals surface area contributed by atoms with Crippen LogP contribution in [-0.4, -0.2) is 54.0 Å². The highest BCUT2D eigenvalue weighted by atomic mass is 127. The van der Waals surface area contributed by atoms with Gasteiger partial charge in [0.25, 0.3) is 5.91 Å². The molecular weight excluding hydrogens is 369 g/mol. The molecule has 3 rings (SSSR count). The monoisotopic (exact) mass is 385 g/mol. The SMILES string of the molecule is Cc1cccc(C(=O)N2CCN3C(=O)NCC3C2)c1I. The number of fused-ring (bicyclic) bond motifs is 1. The van der Waals surface area contributed by atoms with Crippen molar-refractivity contribution >= 4 is 34.5 Å². The molecule has 2 saturated heterocycles. The van der Waals surface area contributed by atoms with Crippen LogP contribution in [0.1, 0.15) is 15.9 Å². The van der Waals surface area contributed by atoms with E-state index in [4.69, 9.17) is 0 Å². The number of hydrogen-bond donors (Lipinski definition) is 1. The number of nitrogens with one attached hydrogen (secondary N) is 1. The minimum Gasteiger partial charge on any atom is -0.336 e. The molecule has 6 heteroatoms. The normalized spacial score (nSPS) is 21.7. The summed E-state index contributed by atoms with van der Waals surface area (Å²) in [6.07, 6.45) is 0. The number of piperazine rings is 1. The van der Waals surface area contributed by atoms with Crippen LogP contribution >= 0.6 is 22.6 Å². The Hall–Kier alpha value is -1.31. The number of carbonyl (C=O) groups excluding carboxylic acids is 2. The first-order chi connectivity index (χ1) is 9.58. The van der Waals surface area contributed by atoms with Gasteiger partial charge in [0.2, 0.25) is 0 Å². The Morgan fingerprint density at radius 1 is 1.40 bits per heavy atom. The summed E-state index contributed by atoms with van der Waals surface area (Å²) in [7, 11) is 0. The Bertz CT molecular complexity index is 576. The van der Waals surface area contributed by atoms with Crippen LogP contribution < -0.4 is 5.32 Å². The van der Waals surface area contributed by atoms with Crippen LogP contribution in [0, 0.1) is 10.5 Å². The van der Waals surface area contributed by atoms with Crippen molar-refractivity contribution in [2.75, 3.05) is 26.2 Å². The molecule has 0 aromatic heterocycles. The lowest BCUT2D eigenvalue weighted by Gasteiger charge is -2.36. The van der Waals surface area contributed by atoms with E-state index in [1.807, 2.05) is 34.9 Å². The minimum absolute atomic E-state index is 0.00719. The molecule has 1 aromatic rings. The molecule has 0 aliphatic carbocycles. The number of aryl methyl sites for hydroxylation is 1. The summed E-state index contributed by atoms with van der Waals surface area (Å²) < 4.78 is 1.01. The second kappa shape index (κ2) is 5.23. The quantitative estimate of drug-likeness (QED) is 0.745. The summed E-state index contributed by atoms with van der Waals surface area (Å²) in [6.45, 7) is 4.47. The molecule has 1 aromatic carbocycles. The lowest BCUT2D eigenvalue weighted by Crippen LogP contribution is -2.53. The number of rotatable bonds is 1. The van der Waals surface area contributed by atoms with Crippen LogP contribution in [0.15, 0.2) is 18.2 Å². The summed E-state index contributed by atoms with van der Waals surface area (Å²) in [4.78, 5) is 27.9. The van der Waals surface area contributed by atoms with Crippen molar-refractivity contribution in [2.45, 2.75) is 13.0 Å². The standard InChI is InChI=1S/C14H16IN3O2/c1-9-3-2-4-11(12(9)15)13(19)17-5-6-18-10(8-17)7-16-14(18)20/h2-4,10H,5-8H2,1H3,(H,16,20). The second-order valence-electron chi connectivity index (χ2n) is 5.22. The molecule has 1 unspecified atom stereocenters. The van der Waals surface area contributed by atoms with E-state index < -0.39 is 0 Å². The zero-order valence-electron chi connectivity index (χ0n) is 11.2. The third kappa shape index (κ3) is 2.25. The van der Waals surface area contributed by atoms with Gasteiger partial charge in [-0.3, -0.25) is 4.79 Å². The summed E-state index contributed by atoms with van der Waals surface area (Å²) in [5.41, 5.74) is 1.88. The second-order valence-corrected chi connectivity index (χ2v) is 6.30. The number of nitrogens with zero attached hydrogens (tertiary/aromatic N) is 2. The zero-order chi connectivity index (χ0) is 14.3. The Morgan fingerprint density at radius 2 is 2.20 bits per heavy atom. The Labute approximate surface area is 131 Å². The van der Waals surface area contributed by atoms with Crippen LogP contribution in [0.5, 0.6) is 0 Å². The highest BCUT2D eigenvalue weighted by Crippen LogP contribution is 2.21. The van der Waals surface area contributed by atoms with Gasteiger partial charge < -0.3 is 15.1 Å². The molecule has 3 amide bonds. The van der Waals surface area contributed by atoms with Crippen molar-refractivity contribution in [3.8, 4) is 0 Å². The minimum atomic E-state index is -0.00719. The molecule has 0 radical (unpaired) electrons. The van der Waals surface area contributed by atoms with Crippen LogP contribution in [0.3, 0.4) is 0 Å². The van der Waals surface area contributed by atoms with Crippen molar-refractivity contribution in [3.63, 3.8) is 0 Å². The van der Waals surface area contributed by atoms with E-state index in [1.165, 1.54) is 0 Å². The number of hydrogen-bond acceptors (Lipinski definition) is 2. The van der Waals surface area contributed by atoms with E-state index in [9.17, 15) is 9.59 Å². The molecule has 1 atom stereocenters. The maximum atomic E-state index is 12.6. The zero-order valence-corrected chi connectivity index (χ0v) is 13.4. The maximum absolute atomic E-state index is 12.6. The summed E-state index contributed by atoms with van der Waals surface area (Å²) in [5, 5.41) is 2.83. The summed E-state index contributed by atoms with van der Waals surface area (Å²) in [6, 6.07) is 5.91. The predicted molar refractivity (Wildman–Crippen MR) is 83.7 cm³/mol. The molecule has 2 heterocycles. The van der Waals surface area contributed by atoms with Crippen molar-refractivity contribution in [1.29, 1.82) is 0 Å². The molecule has 0 saturated carbocycles. The summed E-state index contributed by atoms with van der Waals surface area (Å²) in [5.74, 6) is 0.0668. The molecule has 2 fully saturated rings. The van der Waals surface area contributed by atoms with Crippen LogP contribution in [0.4, 0.5) is 4.79 Å². The molecule has 106 valence electrons. The van der Waals surface area contributed by atoms with Gasteiger partial charge in [-0.2, -0.15) is 0 Å². The van der Waals surface area contributed by atoms with Gasteiger partial charge in [-0.15, -0.1) is 0 Å². The van der Waals surface area contributed by atoms with Gasteiger partial charge in [-0.05, 0) is 41.1 Å². The number of halogens is 1. The molecule has 1 N–H and O–H groups in total. The summed E-state index contributed by atoms with van der Waals surface area (Å²) >= 11 is 2.23. The van der Waals surface area contributed by atoms with E-state index in [0.717, 1.165) is 14.7 Å². The topological polar surface area (TPSA) is 52.7 Å². The van der Waals surface area contributed by atoms with Gasteiger partial charge in [0.1, 0.15) is 0 Å². The van der Waals surface area contributed by atoms with Crippen LogP contribution in [-0.2, 0) is 0 Å². The van der Waals surface area contributed by atoms with Crippen molar-refractivity contribution in [3.05, 3.63) is 32.9 Å². The van der Waals surface area contributed by atoms with Gasteiger partial charge in [-0.1, -0.05) is 12.1 Å². The lowest BCUT2D eigenvalue weighted by atomic mass is 10.1. The van der Waals surface area contributed by atoms with Gasteiger partial charge in [-0.25, -0.2) is 4.79 Å². The average molecular weight is 385 g/mol. The predicted octanol–water partition coefficient (Wildman–Crippen LogP) is 1.45. The number of benzene rings is 1. The van der Waals surface area contributed by atoms with Gasteiger partial charge in [0.05, 0.1) is 11.6 Å². The Morgan fingerprint density at radius 3 is 3.00 bits per heavy atom. The van der Waals surface area contributed by atoms with E-state index >= 15 is 0 Å². The van der Waals surface area contributed by atoms with Crippen LogP contribution in [0.2, 0.25) is 0 Å². The third-order valence-corrected chi connectivity index (χ3v) is 5.37. The molecule has 0 spiro atoms. The lowest BCUT2D eigenvalue weighted by molar-refractivity contribution is 0.0616. The first-order valence-electron chi connectivity index (χ1n) is 6.67. The van der Waals surface area contributed by atoms with E-state index in [1.54, 1.807) is 0 Å². The van der Waals surface area contributed by atoms with Crippen molar-refractivity contribution < 1.29 is 9.59 Å². The number of urea groups is 1. The van der Waals surface area contributed by atoms with Crippen LogP contribution in [0.25, 0.3) is 0 Å². The fourth-order valence-corrected chi connectivity index (χ4v) is 3.36. The Balaban J connectivity index is 1.79. The molecule has 2 aliphatic heterocycles. The highest BCUT2D eigenvalue weighted by molar-refractivity contribution is 14.1. The fourth-order valence-electron chi connectivity index (χ4n) is 2.77. The third-order valence-electron chi connectivity index (χ3n) is 3.94. The highest BCUT2D eigenvalue weighted by Gasteiger charge is 2.37. The van der Waals surface area contributed by atoms with E-state index in [0.29, 0.717) is 26.2 Å². The first-order valence-corrected chi connectivity index (χ1v) is 7.74. The van der Waals surface area contributed by atoms with Gasteiger partial charge in [0.15, 0.2) is 0 Å². The van der Waals surface area contributed by atoms with Gasteiger partial charge in [0, 0.05) is 29.7 Å². The van der Waals surface area contributed by atoms with E-state index in [-0.39, 0.29) is 18.0 Å². The van der Waals surface area contributed by atoms with E-state index in [2.05, 4.69) is 27.9 Å². The molecule has 0 bridgehead atoms. The number of amides is 3. The van der Waals surface area contributed by atoms with Gasteiger partial charge >= 0.3 is 6.03 Å². The molecule has 5 nitrogen and oxygen atoms in total. The molecule has 20 heavy (non-hydrogen) atoms. The average Bonchev–Trinajstić information content (AvgIpc) is 2.82. The smallest absolute Gasteiger partial charge is 0.317 e. The number of carbonyl (C=O) groups is 2. The van der Waals surface area contributed by atoms with Crippen molar-refractivity contribution in [2.24, 2.45) is 0 Å². The Kier molecular flexibility index (Phi) is 3.57. The molecule has 2 aliphatic rings. The molecular formula is C14H16IN3O2.